The van der Waals surface area contributed by atoms with Gasteiger partial charge in [-0.2, -0.15) is 0 Å². The number of rotatable bonds is 7. The highest BCUT2D eigenvalue weighted by Gasteiger charge is 2.27. The van der Waals surface area contributed by atoms with E-state index in [1.807, 2.05) is 22.4 Å². The average molecular weight is 480 g/mol. The molecule has 2 aromatic heterocycles. The van der Waals surface area contributed by atoms with Crippen LogP contribution in [0.4, 0.5) is 10.2 Å². The molecule has 2 saturated heterocycles. The monoisotopic (exact) mass is 479 g/mol. The van der Waals surface area contributed by atoms with Gasteiger partial charge in [-0.25, -0.2) is 9.37 Å². The van der Waals surface area contributed by atoms with Crippen LogP contribution in [0.25, 0.3) is 16.9 Å². The molecule has 1 aromatic carbocycles. The van der Waals surface area contributed by atoms with Crippen molar-refractivity contribution >= 4 is 17.4 Å². The fourth-order valence-corrected chi connectivity index (χ4v) is 5.05. The highest BCUT2D eigenvalue weighted by Crippen LogP contribution is 2.29. The molecule has 1 N–H and O–H groups in total. The molecule has 1 atom stereocenters. The van der Waals surface area contributed by atoms with Crippen LogP contribution in [0.2, 0.25) is 0 Å². The van der Waals surface area contributed by atoms with E-state index >= 15 is 0 Å². The predicted molar refractivity (Wildman–Crippen MR) is 135 cm³/mol. The molecule has 35 heavy (non-hydrogen) atoms. The summed E-state index contributed by atoms with van der Waals surface area (Å²) < 4.78 is 15.4. The van der Waals surface area contributed by atoms with Gasteiger partial charge in [0.25, 0.3) is 0 Å². The number of imidazole rings is 1. The van der Waals surface area contributed by atoms with Crippen LogP contribution >= 0.6 is 0 Å². The number of nitrogens with zero attached hydrogens (tertiary/aromatic N) is 6. The molecular weight excluding hydrogens is 445 g/mol. The summed E-state index contributed by atoms with van der Waals surface area (Å²) in [5, 5.41) is 3.39. The standard InChI is InChI=1S/C26H34FN7O/c1-20(26(35)33-17-15-32(16-18-33)14-13-31-10-3-2-4-11-31)29-25-24(21-5-7-22(27)8-6-21)30-23-19-28-9-12-34(23)25/h5-9,12,19-20,29H,2-4,10-11,13-18H2,1H3. The predicted octanol–water partition coefficient (Wildman–Crippen LogP) is 2.97. The van der Waals surface area contributed by atoms with Crippen molar-refractivity contribution in [3.63, 3.8) is 0 Å². The van der Waals surface area contributed by atoms with Gasteiger partial charge in [0, 0.05) is 57.2 Å². The third kappa shape index (κ3) is 5.46. The molecule has 5 rings (SSSR count). The zero-order valence-corrected chi connectivity index (χ0v) is 20.4. The van der Waals surface area contributed by atoms with E-state index in [-0.39, 0.29) is 11.7 Å². The van der Waals surface area contributed by atoms with Gasteiger partial charge in [0.2, 0.25) is 5.91 Å². The van der Waals surface area contributed by atoms with Gasteiger partial charge in [-0.05, 0) is 57.1 Å². The summed E-state index contributed by atoms with van der Waals surface area (Å²) in [4.78, 5) is 29.2. The number of anilines is 1. The van der Waals surface area contributed by atoms with Crippen LogP contribution in [-0.4, -0.2) is 93.4 Å². The van der Waals surface area contributed by atoms with Crippen LogP contribution in [0.5, 0.6) is 0 Å². The van der Waals surface area contributed by atoms with E-state index in [1.165, 1.54) is 44.5 Å². The first-order valence-corrected chi connectivity index (χ1v) is 12.7. The normalized spacial score (nSPS) is 18.6. The minimum Gasteiger partial charge on any atom is -0.358 e. The second kappa shape index (κ2) is 10.7. The minimum absolute atomic E-state index is 0.0785. The van der Waals surface area contributed by atoms with Crippen molar-refractivity contribution in [2.75, 3.05) is 57.7 Å². The first-order valence-electron chi connectivity index (χ1n) is 12.7. The summed E-state index contributed by atoms with van der Waals surface area (Å²) in [5.41, 5.74) is 2.11. The number of hydrogen-bond donors (Lipinski definition) is 1. The van der Waals surface area contributed by atoms with Gasteiger partial charge in [-0.1, -0.05) is 6.42 Å². The molecule has 186 valence electrons. The van der Waals surface area contributed by atoms with Crippen LogP contribution in [0.1, 0.15) is 26.2 Å². The topological polar surface area (TPSA) is 69.0 Å². The summed E-state index contributed by atoms with van der Waals surface area (Å²) in [6, 6.07) is 5.81. The number of aromatic nitrogens is 3. The molecule has 9 heteroatoms. The molecule has 0 spiro atoms. The van der Waals surface area contributed by atoms with Crippen molar-refractivity contribution in [3.05, 3.63) is 48.7 Å². The Morgan fingerprint density at radius 2 is 1.69 bits per heavy atom. The number of nitrogens with one attached hydrogen (secondary N) is 1. The summed E-state index contributed by atoms with van der Waals surface area (Å²) in [7, 11) is 0. The Labute approximate surface area is 205 Å². The van der Waals surface area contributed by atoms with Gasteiger partial charge in [0.15, 0.2) is 5.65 Å². The smallest absolute Gasteiger partial charge is 0.244 e. The lowest BCUT2D eigenvalue weighted by molar-refractivity contribution is -0.133. The highest BCUT2D eigenvalue weighted by molar-refractivity contribution is 5.86. The summed E-state index contributed by atoms with van der Waals surface area (Å²) in [5.74, 6) is 0.483. The van der Waals surface area contributed by atoms with Crippen LogP contribution in [-0.2, 0) is 4.79 Å². The molecule has 3 aromatic rings. The Kier molecular flexibility index (Phi) is 7.24. The van der Waals surface area contributed by atoms with E-state index in [0.717, 1.165) is 44.8 Å². The Hall–Kier alpha value is -3.04. The number of carbonyl (C=O) groups is 1. The number of piperazine rings is 1. The number of benzene rings is 1. The number of amides is 1. The number of hydrogen-bond acceptors (Lipinski definition) is 6. The molecule has 0 radical (unpaired) electrons. The lowest BCUT2D eigenvalue weighted by atomic mass is 10.1. The van der Waals surface area contributed by atoms with Crippen LogP contribution in [0.15, 0.2) is 42.9 Å². The Morgan fingerprint density at radius 3 is 2.40 bits per heavy atom. The molecule has 1 amide bonds. The van der Waals surface area contributed by atoms with Gasteiger partial charge in [-0.3, -0.25) is 19.1 Å². The molecule has 0 bridgehead atoms. The van der Waals surface area contributed by atoms with Gasteiger partial charge in [0.1, 0.15) is 23.4 Å². The molecule has 1 unspecified atom stereocenters. The largest absolute Gasteiger partial charge is 0.358 e. The maximum atomic E-state index is 13.5. The van der Waals surface area contributed by atoms with Gasteiger partial charge in [0.05, 0.1) is 6.20 Å². The molecule has 8 nitrogen and oxygen atoms in total. The average Bonchev–Trinajstić information content (AvgIpc) is 3.26. The van der Waals surface area contributed by atoms with Crippen LogP contribution < -0.4 is 5.32 Å². The highest BCUT2D eigenvalue weighted by atomic mass is 19.1. The summed E-state index contributed by atoms with van der Waals surface area (Å²) in [6.45, 7) is 9.85. The van der Waals surface area contributed by atoms with Crippen molar-refractivity contribution in [1.82, 2.24) is 29.1 Å². The van der Waals surface area contributed by atoms with E-state index in [1.54, 1.807) is 24.5 Å². The third-order valence-electron chi connectivity index (χ3n) is 7.14. The molecule has 2 aliphatic rings. The quantitative estimate of drug-likeness (QED) is 0.562. The van der Waals surface area contributed by atoms with Crippen molar-refractivity contribution < 1.29 is 9.18 Å². The number of halogens is 1. The van der Waals surface area contributed by atoms with Crippen LogP contribution in [0, 0.1) is 5.82 Å². The molecule has 2 aliphatic heterocycles. The van der Waals surface area contributed by atoms with Gasteiger partial charge < -0.3 is 15.1 Å². The first kappa shape index (κ1) is 23.7. The fourth-order valence-electron chi connectivity index (χ4n) is 5.05. The Bertz CT molecular complexity index is 1130. The summed E-state index contributed by atoms with van der Waals surface area (Å²) >= 11 is 0. The van der Waals surface area contributed by atoms with E-state index in [0.29, 0.717) is 17.2 Å². The van der Waals surface area contributed by atoms with Crippen molar-refractivity contribution in [2.45, 2.75) is 32.2 Å². The molecule has 0 aliphatic carbocycles. The van der Waals surface area contributed by atoms with E-state index in [2.05, 4.69) is 25.1 Å². The molecule has 4 heterocycles. The Balaban J connectivity index is 1.22. The van der Waals surface area contributed by atoms with Crippen molar-refractivity contribution in [2.24, 2.45) is 0 Å². The lowest BCUT2D eigenvalue weighted by Crippen LogP contribution is -2.53. The number of piperidine rings is 1. The zero-order chi connectivity index (χ0) is 24.2. The van der Waals surface area contributed by atoms with Crippen molar-refractivity contribution in [3.8, 4) is 11.3 Å². The number of carbonyl (C=O) groups excluding carboxylic acids is 1. The molecular formula is C26H34FN7O. The summed E-state index contributed by atoms with van der Waals surface area (Å²) in [6.07, 6.45) is 9.17. The molecule has 2 fully saturated rings. The zero-order valence-electron chi connectivity index (χ0n) is 20.4. The number of likely N-dealkylation sites (tertiary alicyclic amines) is 1. The third-order valence-corrected chi connectivity index (χ3v) is 7.14. The maximum Gasteiger partial charge on any atom is 0.244 e. The van der Waals surface area contributed by atoms with Crippen LogP contribution in [0.3, 0.4) is 0 Å². The maximum absolute atomic E-state index is 13.5. The fraction of sp³-hybridized carbons (Fsp3) is 0.500. The lowest BCUT2D eigenvalue weighted by Gasteiger charge is -2.37. The van der Waals surface area contributed by atoms with Gasteiger partial charge >= 0.3 is 0 Å². The van der Waals surface area contributed by atoms with Crippen molar-refractivity contribution in [1.29, 1.82) is 0 Å². The van der Waals surface area contributed by atoms with E-state index in [4.69, 9.17) is 0 Å². The SMILES string of the molecule is CC(Nc1c(-c2ccc(F)cc2)nc2cnccn12)C(=O)N1CCN(CCN2CCCCC2)CC1. The first-order chi connectivity index (χ1) is 17.1. The number of fused-ring (bicyclic) bond motifs is 1. The second-order valence-corrected chi connectivity index (χ2v) is 9.56. The Morgan fingerprint density at radius 1 is 1.00 bits per heavy atom. The second-order valence-electron chi connectivity index (χ2n) is 9.56. The van der Waals surface area contributed by atoms with Gasteiger partial charge in [-0.15, -0.1) is 0 Å². The minimum atomic E-state index is -0.429. The van der Waals surface area contributed by atoms with E-state index in [9.17, 15) is 9.18 Å². The van der Waals surface area contributed by atoms with E-state index < -0.39 is 6.04 Å². The molecule has 0 saturated carbocycles.